The summed E-state index contributed by atoms with van der Waals surface area (Å²) in [5.41, 5.74) is 0. The Balaban J connectivity index is 4.26. The smallest absolute Gasteiger partial charge is 0.268 e. The quantitative estimate of drug-likeness (QED) is 0.0272. The van der Waals surface area contributed by atoms with E-state index in [1.807, 2.05) is 21.1 Å². The number of phosphoric ester groups is 1. The molecule has 0 aliphatic carbocycles. The van der Waals surface area contributed by atoms with Crippen molar-refractivity contribution in [1.82, 2.24) is 5.32 Å². The van der Waals surface area contributed by atoms with E-state index < -0.39 is 20.0 Å². The van der Waals surface area contributed by atoms with E-state index >= 15 is 0 Å². The first-order chi connectivity index (χ1) is 35.5. The van der Waals surface area contributed by atoms with Crippen LogP contribution in [0.15, 0.2) is 97.2 Å². The molecule has 0 aliphatic rings. The summed E-state index contributed by atoms with van der Waals surface area (Å²) in [5.74, 6) is -0.191. The zero-order valence-electron chi connectivity index (χ0n) is 48.1. The molecule has 3 unspecified atom stereocenters. The van der Waals surface area contributed by atoms with Crippen LogP contribution in [0, 0.1) is 0 Å². The Kier molecular flexibility index (Phi) is 52.3. The van der Waals surface area contributed by atoms with Gasteiger partial charge in [0.1, 0.15) is 13.2 Å². The molecule has 0 saturated carbocycles. The molecule has 0 aromatic heterocycles. The lowest BCUT2D eigenvalue weighted by Gasteiger charge is -2.30. The Morgan fingerprint density at radius 3 is 1.22 bits per heavy atom. The first kappa shape index (κ1) is 70.4. The molecule has 0 rings (SSSR count). The number of phosphoric acid groups is 1. The van der Waals surface area contributed by atoms with Crippen LogP contribution in [0.25, 0.3) is 0 Å². The summed E-state index contributed by atoms with van der Waals surface area (Å²) in [4.78, 5) is 25.6. The van der Waals surface area contributed by atoms with Gasteiger partial charge in [-0.2, -0.15) is 0 Å². The maximum absolute atomic E-state index is 13.0. The van der Waals surface area contributed by atoms with Crippen LogP contribution in [-0.4, -0.2) is 68.5 Å². The second-order valence-electron chi connectivity index (χ2n) is 21.3. The summed E-state index contributed by atoms with van der Waals surface area (Å²) in [5, 5.41) is 14.0. The molecule has 0 fully saturated rings. The molecule has 2 N–H and O–H groups in total. The maximum atomic E-state index is 13.0. The van der Waals surface area contributed by atoms with E-state index in [4.69, 9.17) is 9.05 Å². The minimum atomic E-state index is -4.59. The molecule has 0 bridgehead atoms. The van der Waals surface area contributed by atoms with Crippen molar-refractivity contribution in [2.75, 3.05) is 40.9 Å². The van der Waals surface area contributed by atoms with Crippen molar-refractivity contribution in [3.05, 3.63) is 97.2 Å². The SMILES string of the molecule is CC/C=C\C/C=C\C/C=C\C/C=C\C/C=C\C/C=C\C/C=C\C/C=C\CCCCCCC(=O)NC(COP(=O)([O-])OCC[N+](C)(C)C)C(O)CCCCCCCCCCCCCCCCCCCCCCCC. The van der Waals surface area contributed by atoms with Crippen LogP contribution < -0.4 is 10.2 Å². The van der Waals surface area contributed by atoms with Gasteiger partial charge in [0.2, 0.25) is 5.91 Å². The molecular formula is C64H115N2O6P. The lowest BCUT2D eigenvalue weighted by Crippen LogP contribution is -2.46. The summed E-state index contributed by atoms with van der Waals surface area (Å²) >= 11 is 0. The average Bonchev–Trinajstić information content (AvgIpc) is 3.35. The highest BCUT2D eigenvalue weighted by atomic mass is 31.2. The third-order valence-electron chi connectivity index (χ3n) is 13.1. The van der Waals surface area contributed by atoms with Crippen LogP contribution in [0.4, 0.5) is 0 Å². The van der Waals surface area contributed by atoms with Gasteiger partial charge in [0.05, 0.1) is 39.9 Å². The molecule has 1 amide bonds. The van der Waals surface area contributed by atoms with Crippen LogP contribution >= 0.6 is 7.82 Å². The zero-order valence-corrected chi connectivity index (χ0v) is 49.0. The van der Waals surface area contributed by atoms with Crippen molar-refractivity contribution < 1.29 is 32.9 Å². The number of amides is 1. The molecule has 3 atom stereocenters. The number of nitrogens with one attached hydrogen (secondary N) is 1. The summed E-state index contributed by atoms with van der Waals surface area (Å²) in [7, 11) is 1.28. The highest BCUT2D eigenvalue weighted by Gasteiger charge is 2.24. The first-order valence-corrected chi connectivity index (χ1v) is 31.5. The van der Waals surface area contributed by atoms with E-state index in [9.17, 15) is 19.4 Å². The summed E-state index contributed by atoms with van der Waals surface area (Å²) < 4.78 is 23.4. The van der Waals surface area contributed by atoms with Crippen LogP contribution in [0.2, 0.25) is 0 Å². The molecule has 73 heavy (non-hydrogen) atoms. The van der Waals surface area contributed by atoms with Crippen molar-refractivity contribution >= 4 is 13.7 Å². The van der Waals surface area contributed by atoms with Gasteiger partial charge in [-0.3, -0.25) is 9.36 Å². The van der Waals surface area contributed by atoms with Crippen molar-refractivity contribution in [2.45, 2.75) is 264 Å². The van der Waals surface area contributed by atoms with Crippen molar-refractivity contribution in [3.8, 4) is 0 Å². The topological polar surface area (TPSA) is 108 Å². The summed E-state index contributed by atoms with van der Waals surface area (Å²) in [6.45, 7) is 4.60. The predicted octanol–water partition coefficient (Wildman–Crippen LogP) is 18.0. The van der Waals surface area contributed by atoms with E-state index in [0.717, 1.165) is 103 Å². The fraction of sp³-hybridized carbons (Fsp3) is 0.734. The zero-order chi connectivity index (χ0) is 53.5. The fourth-order valence-electron chi connectivity index (χ4n) is 8.41. The van der Waals surface area contributed by atoms with Gasteiger partial charge in [0, 0.05) is 6.42 Å². The van der Waals surface area contributed by atoms with Crippen molar-refractivity contribution in [3.63, 3.8) is 0 Å². The predicted molar refractivity (Wildman–Crippen MR) is 316 cm³/mol. The molecule has 0 radical (unpaired) electrons. The van der Waals surface area contributed by atoms with Gasteiger partial charge in [-0.15, -0.1) is 0 Å². The van der Waals surface area contributed by atoms with E-state index in [0.29, 0.717) is 23.9 Å². The molecule has 0 aromatic rings. The monoisotopic (exact) mass is 1040 g/mol. The number of quaternary nitrogens is 1. The number of carbonyl (C=O) groups is 1. The Hall–Kier alpha value is -2.58. The van der Waals surface area contributed by atoms with Gasteiger partial charge in [0.25, 0.3) is 7.82 Å². The lowest BCUT2D eigenvalue weighted by molar-refractivity contribution is -0.870. The minimum absolute atomic E-state index is 0.00189. The molecule has 0 aliphatic heterocycles. The average molecular weight is 1040 g/mol. The standard InChI is InChI=1S/C64H115N2O6P/c1-6-8-10-12-14-16-18-20-22-24-26-28-30-31-32-33-34-35-36-38-40-42-44-46-48-50-52-54-56-58-64(68)65-62(61-72-73(69,70)71-60-59-66(3,4)5)63(67)57-55-53-51-49-47-45-43-41-39-37-29-27-25-23-21-19-17-15-13-11-9-7-2/h8,10,14,16,20,22,26,28,31-32,34-35,38,40,44,46,62-63,67H,6-7,9,11-13,15,17-19,21,23-25,27,29-30,33,36-37,39,41-43,45,47-61H2,1-5H3,(H-,65,68,69,70)/b10-8-,16-14-,22-20-,28-26-,32-31-,35-34-,40-38-,46-44-. The summed E-state index contributed by atoms with van der Waals surface area (Å²) in [6.07, 6.45) is 77.2. The number of likely N-dealkylation sites (N-methyl/N-ethyl adjacent to an activating group) is 1. The number of rotatable bonds is 54. The van der Waals surface area contributed by atoms with Gasteiger partial charge in [-0.25, -0.2) is 0 Å². The van der Waals surface area contributed by atoms with E-state index in [-0.39, 0.29) is 19.1 Å². The Labute approximate surface area is 451 Å². The summed E-state index contributed by atoms with van der Waals surface area (Å²) in [6, 6.07) is -0.823. The number of unbranched alkanes of at least 4 members (excludes halogenated alkanes) is 25. The second-order valence-corrected chi connectivity index (χ2v) is 22.7. The van der Waals surface area contributed by atoms with E-state index in [1.165, 1.54) is 122 Å². The van der Waals surface area contributed by atoms with Crippen LogP contribution in [0.5, 0.6) is 0 Å². The van der Waals surface area contributed by atoms with E-state index in [2.05, 4.69) is 116 Å². The molecule has 9 heteroatoms. The molecule has 8 nitrogen and oxygen atoms in total. The highest BCUT2D eigenvalue weighted by Crippen LogP contribution is 2.38. The number of allylic oxidation sites excluding steroid dienone is 16. The van der Waals surface area contributed by atoms with Crippen molar-refractivity contribution in [2.24, 2.45) is 0 Å². The number of aliphatic hydroxyl groups excluding tert-OH is 1. The molecule has 0 saturated heterocycles. The maximum Gasteiger partial charge on any atom is 0.268 e. The third-order valence-corrected chi connectivity index (χ3v) is 14.1. The normalized spacial score (nSPS) is 14.6. The van der Waals surface area contributed by atoms with Gasteiger partial charge >= 0.3 is 0 Å². The van der Waals surface area contributed by atoms with Gasteiger partial charge in [0.15, 0.2) is 0 Å². The fourth-order valence-corrected chi connectivity index (χ4v) is 9.13. The first-order valence-electron chi connectivity index (χ1n) is 30.1. The second kappa shape index (κ2) is 54.2. The Morgan fingerprint density at radius 1 is 0.493 bits per heavy atom. The number of hydrogen-bond donors (Lipinski definition) is 2. The number of nitrogens with zero attached hydrogens (tertiary/aromatic N) is 1. The number of carbonyl (C=O) groups excluding carboxylic acids is 1. The Morgan fingerprint density at radius 2 is 0.836 bits per heavy atom. The number of aliphatic hydroxyl groups is 1. The lowest BCUT2D eigenvalue weighted by atomic mass is 10.0. The van der Waals surface area contributed by atoms with Gasteiger partial charge < -0.3 is 28.8 Å². The Bertz CT molecular complexity index is 1510. The molecular weight excluding hydrogens is 924 g/mol. The van der Waals surface area contributed by atoms with Gasteiger partial charge in [-0.1, -0.05) is 265 Å². The highest BCUT2D eigenvalue weighted by molar-refractivity contribution is 7.45. The molecule has 422 valence electrons. The largest absolute Gasteiger partial charge is 0.756 e. The van der Waals surface area contributed by atoms with Gasteiger partial charge in [-0.05, 0) is 77.0 Å². The van der Waals surface area contributed by atoms with Crippen LogP contribution in [0.3, 0.4) is 0 Å². The van der Waals surface area contributed by atoms with Crippen molar-refractivity contribution in [1.29, 1.82) is 0 Å². The van der Waals surface area contributed by atoms with Crippen LogP contribution in [-0.2, 0) is 18.4 Å². The van der Waals surface area contributed by atoms with Crippen LogP contribution in [0.1, 0.15) is 251 Å². The third kappa shape index (κ3) is 57.0. The minimum Gasteiger partial charge on any atom is -0.756 e. The van der Waals surface area contributed by atoms with E-state index in [1.54, 1.807) is 0 Å². The number of hydrogen-bond acceptors (Lipinski definition) is 6. The molecule has 0 aromatic carbocycles. The molecule has 0 spiro atoms. The molecule has 0 heterocycles.